The topological polar surface area (TPSA) is 141 Å². The normalized spacial score (nSPS) is 36.3. The lowest BCUT2D eigenvalue weighted by Crippen LogP contribution is -2.61. The molecule has 10 nitrogen and oxygen atoms in total. The van der Waals surface area contributed by atoms with E-state index in [1.807, 2.05) is 13.0 Å². The maximum absolute atomic E-state index is 13.1. The second kappa shape index (κ2) is 16.3. The Bertz CT molecular complexity index is 1400. The number of carbonyl (C=O) groups excluding carboxylic acids is 2. The van der Waals surface area contributed by atoms with Crippen LogP contribution in [-0.2, 0) is 23.7 Å². The van der Waals surface area contributed by atoms with Crippen molar-refractivity contribution in [2.75, 3.05) is 6.61 Å². The zero-order chi connectivity index (χ0) is 35.3. The Hall–Kier alpha value is -3.12. The number of hydrogen-bond acceptors (Lipinski definition) is 10. The van der Waals surface area contributed by atoms with Gasteiger partial charge in [0.05, 0.1) is 23.3 Å². The molecule has 12 atom stereocenters. The summed E-state index contributed by atoms with van der Waals surface area (Å²) in [6.45, 7) is 10.0. The van der Waals surface area contributed by atoms with Crippen LogP contribution >= 0.6 is 0 Å². The van der Waals surface area contributed by atoms with Crippen molar-refractivity contribution >= 4 is 11.9 Å². The van der Waals surface area contributed by atoms with E-state index in [1.54, 1.807) is 66.7 Å². The van der Waals surface area contributed by atoms with Crippen molar-refractivity contribution in [2.24, 2.45) is 29.6 Å². The lowest BCUT2D eigenvalue weighted by molar-refractivity contribution is -0.312. The number of hydrogen-bond donors (Lipinski definition) is 3. The standard InChI is InChI=1S/C39H52O10/c1-6-13-30-32(25(5)39(44,49-30)21-20-23(2)3)28-18-19-29(24(28)4)46-38-34(41)35(48-37(43)27-16-11-8-12-17-27)33(40)31(47-38)22-45-36(42)26-14-9-7-10-15-26/h7-12,14-17,20-21,23-25,28-35,38,40-41,44H,6,13,18-19,22H2,1-5H3/b21-20+/t24-,25-,28?,29?,30-,31-,32+,33-,34-,35-,38+,39+/m0/s1. The van der Waals surface area contributed by atoms with Crippen molar-refractivity contribution in [1.82, 2.24) is 0 Å². The average Bonchev–Trinajstić information content (AvgIpc) is 3.57. The van der Waals surface area contributed by atoms with Crippen LogP contribution in [0.2, 0.25) is 0 Å². The van der Waals surface area contributed by atoms with E-state index in [-0.39, 0.29) is 54.0 Å². The van der Waals surface area contributed by atoms with Crippen LogP contribution in [0.1, 0.15) is 81.0 Å². The van der Waals surface area contributed by atoms with Gasteiger partial charge in [-0.1, -0.05) is 83.5 Å². The fourth-order valence-corrected chi connectivity index (χ4v) is 7.67. The fraction of sp³-hybridized carbons (Fsp3) is 0.590. The van der Waals surface area contributed by atoms with Gasteiger partial charge < -0.3 is 39.0 Å². The first kappa shape index (κ1) is 37.1. The van der Waals surface area contributed by atoms with E-state index in [0.29, 0.717) is 12.0 Å². The highest BCUT2D eigenvalue weighted by atomic mass is 16.7. The van der Waals surface area contributed by atoms with Gasteiger partial charge in [0, 0.05) is 5.92 Å². The van der Waals surface area contributed by atoms with Crippen molar-refractivity contribution in [3.63, 3.8) is 0 Å². The Morgan fingerprint density at radius 2 is 1.57 bits per heavy atom. The summed E-state index contributed by atoms with van der Waals surface area (Å²) in [4.78, 5) is 25.8. The molecule has 268 valence electrons. The number of aliphatic hydroxyl groups is 3. The number of allylic oxidation sites excluding steroid dienone is 1. The Morgan fingerprint density at radius 3 is 2.18 bits per heavy atom. The first-order valence-electron chi connectivity index (χ1n) is 17.7. The monoisotopic (exact) mass is 680 g/mol. The summed E-state index contributed by atoms with van der Waals surface area (Å²) in [6.07, 6.45) is -0.322. The van der Waals surface area contributed by atoms with E-state index >= 15 is 0 Å². The van der Waals surface area contributed by atoms with Gasteiger partial charge >= 0.3 is 11.9 Å². The van der Waals surface area contributed by atoms with Crippen LogP contribution in [0.3, 0.4) is 0 Å². The molecule has 0 aromatic heterocycles. The number of benzene rings is 2. The Labute approximate surface area is 289 Å². The molecule has 1 aliphatic carbocycles. The average molecular weight is 681 g/mol. The molecule has 0 amide bonds. The van der Waals surface area contributed by atoms with Crippen LogP contribution in [0.25, 0.3) is 0 Å². The van der Waals surface area contributed by atoms with E-state index in [4.69, 9.17) is 23.7 Å². The minimum absolute atomic E-state index is 0.00848. The molecule has 0 bridgehead atoms. The molecule has 2 aromatic rings. The van der Waals surface area contributed by atoms with Crippen molar-refractivity contribution in [1.29, 1.82) is 0 Å². The van der Waals surface area contributed by atoms with Gasteiger partial charge in [0.25, 0.3) is 0 Å². The van der Waals surface area contributed by atoms with E-state index in [9.17, 15) is 24.9 Å². The maximum Gasteiger partial charge on any atom is 0.338 e. The molecule has 2 saturated heterocycles. The SMILES string of the molecule is CCC[C@@H]1O[C@](O)(/C=C/C(C)C)[C@@H](C)[C@@H]1C1CCC(O[C@@H]2O[C@@H](COC(=O)c3ccccc3)[C@H](O)[C@H](OC(=O)c3ccccc3)[C@@H]2O)[C@H]1C. The van der Waals surface area contributed by atoms with Crippen LogP contribution in [0.4, 0.5) is 0 Å². The molecule has 2 aliphatic heterocycles. The van der Waals surface area contributed by atoms with E-state index in [2.05, 4.69) is 27.7 Å². The van der Waals surface area contributed by atoms with E-state index in [1.165, 1.54) is 0 Å². The molecule has 2 aromatic carbocycles. The number of esters is 2. The van der Waals surface area contributed by atoms with Gasteiger partial charge in [0.15, 0.2) is 18.2 Å². The molecule has 3 aliphatic rings. The van der Waals surface area contributed by atoms with E-state index < -0.39 is 48.4 Å². The van der Waals surface area contributed by atoms with Crippen molar-refractivity contribution in [3.8, 4) is 0 Å². The molecule has 1 saturated carbocycles. The van der Waals surface area contributed by atoms with Crippen molar-refractivity contribution in [2.45, 2.75) is 109 Å². The molecule has 2 unspecified atom stereocenters. The zero-order valence-corrected chi connectivity index (χ0v) is 29.1. The number of ether oxygens (including phenoxy) is 5. The van der Waals surface area contributed by atoms with Gasteiger partial charge in [-0.2, -0.15) is 0 Å². The van der Waals surface area contributed by atoms with Crippen molar-refractivity contribution < 1.29 is 48.6 Å². The molecule has 0 spiro atoms. The van der Waals surface area contributed by atoms with E-state index in [0.717, 1.165) is 19.3 Å². The number of carbonyl (C=O) groups is 2. The summed E-state index contributed by atoms with van der Waals surface area (Å²) >= 11 is 0. The maximum atomic E-state index is 13.1. The van der Waals surface area contributed by atoms with Crippen LogP contribution in [0, 0.1) is 29.6 Å². The summed E-state index contributed by atoms with van der Waals surface area (Å²) in [6, 6.07) is 16.7. The molecule has 3 fully saturated rings. The third kappa shape index (κ3) is 8.44. The molecule has 49 heavy (non-hydrogen) atoms. The van der Waals surface area contributed by atoms with Gasteiger partial charge in [0.1, 0.15) is 24.9 Å². The quantitative estimate of drug-likeness (QED) is 0.200. The Morgan fingerprint density at radius 1 is 0.939 bits per heavy atom. The van der Waals surface area contributed by atoms with Crippen LogP contribution < -0.4 is 0 Å². The van der Waals surface area contributed by atoms with Crippen molar-refractivity contribution in [3.05, 3.63) is 83.9 Å². The zero-order valence-electron chi connectivity index (χ0n) is 29.1. The third-order valence-corrected chi connectivity index (χ3v) is 10.4. The van der Waals surface area contributed by atoms with Gasteiger partial charge in [-0.25, -0.2) is 9.59 Å². The minimum atomic E-state index is -1.53. The largest absolute Gasteiger partial charge is 0.459 e. The highest BCUT2D eigenvalue weighted by Crippen LogP contribution is 2.52. The lowest BCUT2D eigenvalue weighted by atomic mass is 9.72. The molecule has 2 heterocycles. The highest BCUT2D eigenvalue weighted by molar-refractivity contribution is 5.89. The number of aliphatic hydroxyl groups excluding tert-OH is 2. The van der Waals surface area contributed by atoms with Crippen LogP contribution in [0.15, 0.2) is 72.8 Å². The summed E-state index contributed by atoms with van der Waals surface area (Å²) in [7, 11) is 0. The first-order valence-corrected chi connectivity index (χ1v) is 17.7. The second-order valence-electron chi connectivity index (χ2n) is 14.2. The molecule has 5 rings (SSSR count). The summed E-state index contributed by atoms with van der Waals surface area (Å²) in [5.74, 6) is -2.32. The molecule has 3 N–H and O–H groups in total. The smallest absolute Gasteiger partial charge is 0.338 e. The molecule has 10 heteroatoms. The van der Waals surface area contributed by atoms with Crippen LogP contribution in [0.5, 0.6) is 0 Å². The second-order valence-corrected chi connectivity index (χ2v) is 14.2. The Kier molecular flexibility index (Phi) is 12.3. The van der Waals surface area contributed by atoms with Crippen LogP contribution in [-0.4, -0.2) is 82.6 Å². The molecular weight excluding hydrogens is 628 g/mol. The molecule has 0 radical (unpaired) electrons. The summed E-state index contributed by atoms with van der Waals surface area (Å²) in [5.41, 5.74) is 0.583. The highest BCUT2D eigenvalue weighted by Gasteiger charge is 2.56. The van der Waals surface area contributed by atoms with Gasteiger partial charge in [-0.3, -0.25) is 0 Å². The predicted molar refractivity (Wildman–Crippen MR) is 181 cm³/mol. The Balaban J connectivity index is 1.32. The fourth-order valence-electron chi connectivity index (χ4n) is 7.67. The minimum Gasteiger partial charge on any atom is -0.459 e. The lowest BCUT2D eigenvalue weighted by Gasteiger charge is -2.43. The summed E-state index contributed by atoms with van der Waals surface area (Å²) in [5, 5.41) is 34.3. The van der Waals surface area contributed by atoms with Gasteiger partial charge in [-0.05, 0) is 73.3 Å². The first-order chi connectivity index (χ1) is 23.4. The summed E-state index contributed by atoms with van der Waals surface area (Å²) < 4.78 is 30.1. The third-order valence-electron chi connectivity index (χ3n) is 10.4. The molecular formula is C39H52O10. The predicted octanol–water partition coefficient (Wildman–Crippen LogP) is 5.30. The van der Waals surface area contributed by atoms with Gasteiger partial charge in [-0.15, -0.1) is 0 Å². The number of rotatable bonds is 12. The van der Waals surface area contributed by atoms with Gasteiger partial charge in [0.2, 0.25) is 0 Å².